The lowest BCUT2D eigenvalue weighted by Gasteiger charge is -2.34. The molecule has 6 heteroatoms. The molecular weight excluding hydrogens is 238 g/mol. The number of carbonyl (C=O) groups is 1. The van der Waals surface area contributed by atoms with Crippen molar-refractivity contribution in [3.05, 3.63) is 0 Å². The fraction of sp³-hybridized carbons (Fsp3) is 0.889. The summed E-state index contributed by atoms with van der Waals surface area (Å²) in [4.78, 5) is 13.4. The van der Waals surface area contributed by atoms with Crippen molar-refractivity contribution in [3.63, 3.8) is 0 Å². The maximum Gasteiger partial charge on any atom is 0.232 e. The van der Waals surface area contributed by atoms with Crippen LogP contribution in [0.2, 0.25) is 0 Å². The molecule has 2 rings (SSSR count). The van der Waals surface area contributed by atoms with Gasteiger partial charge < -0.3 is 4.90 Å². The number of halogens is 1. The minimum atomic E-state index is -3.48. The number of carbonyl (C=O) groups excluding carboxylic acids is 1. The van der Waals surface area contributed by atoms with Crippen molar-refractivity contribution in [2.24, 2.45) is 5.92 Å². The highest BCUT2D eigenvalue weighted by Crippen LogP contribution is 2.31. The van der Waals surface area contributed by atoms with Crippen molar-refractivity contribution in [2.45, 2.75) is 31.7 Å². The fourth-order valence-corrected chi connectivity index (χ4v) is 3.57. The van der Waals surface area contributed by atoms with Gasteiger partial charge in [0.05, 0.1) is 5.75 Å². The van der Waals surface area contributed by atoms with Crippen LogP contribution in [0.25, 0.3) is 0 Å². The normalized spacial score (nSPS) is 28.2. The average Bonchev–Trinajstić information content (AvgIpc) is 2.24. The van der Waals surface area contributed by atoms with Gasteiger partial charge in [0.1, 0.15) is 0 Å². The van der Waals surface area contributed by atoms with Crippen LogP contribution in [0.5, 0.6) is 0 Å². The van der Waals surface area contributed by atoms with E-state index in [-0.39, 0.29) is 17.6 Å². The molecular formula is C9H14ClNO3S. The maximum atomic E-state index is 11.6. The maximum absolute atomic E-state index is 11.6. The molecule has 1 aliphatic heterocycles. The first kappa shape index (κ1) is 11.2. The molecule has 0 aromatic heterocycles. The van der Waals surface area contributed by atoms with E-state index in [1.165, 1.54) is 6.42 Å². The van der Waals surface area contributed by atoms with Crippen LogP contribution in [0.1, 0.15) is 25.7 Å². The number of nitrogens with zero attached hydrogens (tertiary/aromatic N) is 1. The van der Waals surface area contributed by atoms with E-state index in [2.05, 4.69) is 0 Å². The van der Waals surface area contributed by atoms with Crippen molar-refractivity contribution >= 4 is 25.6 Å². The molecule has 0 N–H and O–H groups in total. The van der Waals surface area contributed by atoms with Crippen LogP contribution in [0.4, 0.5) is 0 Å². The second-order valence-electron chi connectivity index (χ2n) is 4.41. The van der Waals surface area contributed by atoms with E-state index >= 15 is 0 Å². The van der Waals surface area contributed by atoms with Gasteiger partial charge in [0.2, 0.25) is 15.0 Å². The van der Waals surface area contributed by atoms with Crippen LogP contribution >= 0.6 is 10.7 Å². The van der Waals surface area contributed by atoms with Gasteiger partial charge >= 0.3 is 0 Å². The molecule has 2 fully saturated rings. The van der Waals surface area contributed by atoms with E-state index < -0.39 is 9.05 Å². The first-order valence-electron chi connectivity index (χ1n) is 5.17. The fourth-order valence-electron chi connectivity index (χ4n) is 2.25. The van der Waals surface area contributed by atoms with Crippen LogP contribution < -0.4 is 0 Å². The second kappa shape index (κ2) is 3.94. The minimum absolute atomic E-state index is 0.0798. The van der Waals surface area contributed by atoms with Gasteiger partial charge in [-0.2, -0.15) is 0 Å². The van der Waals surface area contributed by atoms with Gasteiger partial charge in [0, 0.05) is 35.6 Å². The van der Waals surface area contributed by atoms with Gasteiger partial charge in [0.25, 0.3) is 0 Å². The summed E-state index contributed by atoms with van der Waals surface area (Å²) in [6.45, 7) is 0.565. The van der Waals surface area contributed by atoms with Gasteiger partial charge in [-0.25, -0.2) is 8.42 Å². The summed E-state index contributed by atoms with van der Waals surface area (Å²) in [5.74, 6) is -0.102. The molecule has 0 bridgehead atoms. The third-order valence-corrected chi connectivity index (χ3v) is 4.44. The van der Waals surface area contributed by atoms with Crippen LogP contribution in [-0.2, 0) is 13.8 Å². The lowest BCUT2D eigenvalue weighted by molar-refractivity contribution is -0.131. The summed E-state index contributed by atoms with van der Waals surface area (Å²) < 4.78 is 21.8. The summed E-state index contributed by atoms with van der Waals surface area (Å²) >= 11 is 0. The third-order valence-electron chi connectivity index (χ3n) is 3.19. The monoisotopic (exact) mass is 251 g/mol. The van der Waals surface area contributed by atoms with Crippen molar-refractivity contribution in [3.8, 4) is 0 Å². The zero-order valence-corrected chi connectivity index (χ0v) is 9.93. The lowest BCUT2D eigenvalue weighted by atomic mass is 9.92. The Balaban J connectivity index is 1.94. The molecule has 4 nitrogen and oxygen atoms in total. The molecule has 1 saturated heterocycles. The Morgan fingerprint density at radius 2 is 2.07 bits per heavy atom. The number of amides is 1. The topological polar surface area (TPSA) is 54.5 Å². The molecule has 1 heterocycles. The van der Waals surface area contributed by atoms with E-state index in [0.717, 1.165) is 12.8 Å². The molecule has 0 aromatic rings. The molecule has 1 amide bonds. The molecule has 86 valence electrons. The summed E-state index contributed by atoms with van der Waals surface area (Å²) in [6.07, 6.45) is 3.63. The Kier molecular flexibility index (Phi) is 2.94. The second-order valence-corrected chi connectivity index (χ2v) is 7.23. The first-order valence-corrected chi connectivity index (χ1v) is 7.65. The summed E-state index contributed by atoms with van der Waals surface area (Å²) in [7, 11) is 1.70. The Morgan fingerprint density at radius 3 is 2.53 bits per heavy atom. The highest BCUT2D eigenvalue weighted by molar-refractivity contribution is 8.13. The van der Waals surface area contributed by atoms with Gasteiger partial charge in [-0.15, -0.1) is 0 Å². The van der Waals surface area contributed by atoms with Crippen molar-refractivity contribution in [2.75, 3.05) is 12.3 Å². The van der Waals surface area contributed by atoms with Gasteiger partial charge in [0.15, 0.2) is 0 Å². The quantitative estimate of drug-likeness (QED) is 0.702. The Bertz CT molecular complexity index is 364. The third kappa shape index (κ3) is 2.64. The molecule has 1 aliphatic carbocycles. The standard InChI is InChI=1S/C9H14ClNO3S/c10-15(13,14)6-7-4-9(12)11(5-7)8-2-1-3-8/h7-8H,1-6H2. The molecule has 1 atom stereocenters. The van der Waals surface area contributed by atoms with E-state index in [4.69, 9.17) is 10.7 Å². The number of rotatable bonds is 3. The molecule has 0 aromatic carbocycles. The van der Waals surface area contributed by atoms with Crippen LogP contribution in [0.15, 0.2) is 0 Å². The molecule has 1 unspecified atom stereocenters. The molecule has 0 spiro atoms. The zero-order chi connectivity index (χ0) is 11.1. The van der Waals surface area contributed by atoms with Crippen LogP contribution in [0, 0.1) is 5.92 Å². The van der Waals surface area contributed by atoms with Crippen molar-refractivity contribution < 1.29 is 13.2 Å². The summed E-state index contributed by atoms with van der Waals surface area (Å²) in [6, 6.07) is 0.362. The minimum Gasteiger partial charge on any atom is -0.339 e. The first-order chi connectivity index (χ1) is 6.96. The predicted octanol–water partition coefficient (Wildman–Crippen LogP) is 0.956. The summed E-state index contributed by atoms with van der Waals surface area (Å²) in [5, 5.41) is 0. The van der Waals surface area contributed by atoms with E-state index in [1.807, 2.05) is 4.90 Å². The highest BCUT2D eigenvalue weighted by atomic mass is 35.7. The van der Waals surface area contributed by atoms with Crippen molar-refractivity contribution in [1.82, 2.24) is 4.90 Å². The van der Waals surface area contributed by atoms with Gasteiger partial charge in [-0.3, -0.25) is 4.79 Å². The smallest absolute Gasteiger partial charge is 0.232 e. The lowest BCUT2D eigenvalue weighted by Crippen LogP contribution is -2.41. The number of hydrogen-bond acceptors (Lipinski definition) is 3. The van der Waals surface area contributed by atoms with E-state index in [9.17, 15) is 13.2 Å². The van der Waals surface area contributed by atoms with Gasteiger partial charge in [-0.1, -0.05) is 0 Å². The average molecular weight is 252 g/mol. The van der Waals surface area contributed by atoms with E-state index in [0.29, 0.717) is 19.0 Å². The van der Waals surface area contributed by atoms with Gasteiger partial charge in [-0.05, 0) is 19.3 Å². The molecule has 1 saturated carbocycles. The predicted molar refractivity (Wildman–Crippen MR) is 57.1 cm³/mol. The molecule has 15 heavy (non-hydrogen) atoms. The van der Waals surface area contributed by atoms with E-state index in [1.54, 1.807) is 0 Å². The molecule has 0 radical (unpaired) electrons. The van der Waals surface area contributed by atoms with Crippen LogP contribution in [0.3, 0.4) is 0 Å². The Labute approximate surface area is 94.0 Å². The highest BCUT2D eigenvalue weighted by Gasteiger charge is 2.37. The SMILES string of the molecule is O=C1CC(CS(=O)(=O)Cl)CN1C1CCC1. The summed E-state index contributed by atoms with van der Waals surface area (Å²) in [5.41, 5.74) is 0. The Hall–Kier alpha value is -0.290. The zero-order valence-electron chi connectivity index (χ0n) is 8.36. The largest absolute Gasteiger partial charge is 0.339 e. The number of hydrogen-bond donors (Lipinski definition) is 0. The molecule has 2 aliphatic rings. The number of likely N-dealkylation sites (tertiary alicyclic amines) is 1. The Morgan fingerprint density at radius 1 is 1.40 bits per heavy atom. The van der Waals surface area contributed by atoms with Crippen molar-refractivity contribution in [1.29, 1.82) is 0 Å². The van der Waals surface area contributed by atoms with Crippen LogP contribution in [-0.4, -0.2) is 37.6 Å².